The van der Waals surface area contributed by atoms with E-state index in [4.69, 9.17) is 15.2 Å². The molecular weight excluding hydrogens is 298 g/mol. The molecule has 0 fully saturated rings. The van der Waals surface area contributed by atoms with Crippen LogP contribution in [-0.2, 0) is 22.6 Å². The Morgan fingerprint density at radius 3 is 2.48 bits per heavy atom. The number of esters is 1. The van der Waals surface area contributed by atoms with Crippen LogP contribution in [0.1, 0.15) is 26.5 Å². The van der Waals surface area contributed by atoms with Gasteiger partial charge in [0.15, 0.2) is 0 Å². The van der Waals surface area contributed by atoms with E-state index < -0.39 is 5.60 Å². The molecule has 0 bridgehead atoms. The minimum Gasteiger partial charge on any atom is -0.467 e. The van der Waals surface area contributed by atoms with E-state index in [1.54, 1.807) is 18.6 Å². The highest BCUT2D eigenvalue weighted by Gasteiger charge is 2.18. The van der Waals surface area contributed by atoms with Crippen molar-refractivity contribution in [2.24, 2.45) is 5.73 Å². The first-order valence-corrected chi connectivity index (χ1v) is 7.17. The van der Waals surface area contributed by atoms with Gasteiger partial charge in [0.1, 0.15) is 12.1 Å². The molecule has 0 unspecified atom stereocenters. The Morgan fingerprint density at radius 2 is 1.96 bits per heavy atom. The summed E-state index contributed by atoms with van der Waals surface area (Å²) in [6.07, 6.45) is 4.98. The molecule has 8 nitrogen and oxygen atoms in total. The highest BCUT2D eigenvalue weighted by molar-refractivity contribution is 5.70. The first-order valence-electron chi connectivity index (χ1n) is 7.17. The molecule has 0 aliphatic carbocycles. The highest BCUT2D eigenvalue weighted by Crippen LogP contribution is 2.22. The van der Waals surface area contributed by atoms with Gasteiger partial charge in [-0.2, -0.15) is 5.10 Å². The molecule has 0 amide bonds. The highest BCUT2D eigenvalue weighted by atomic mass is 16.6. The van der Waals surface area contributed by atoms with E-state index in [9.17, 15) is 4.79 Å². The maximum absolute atomic E-state index is 11.9. The summed E-state index contributed by atoms with van der Waals surface area (Å²) in [6, 6.07) is 0.282. The number of carbonyl (C=O) groups is 1. The molecule has 0 aliphatic heterocycles. The molecule has 8 heteroatoms. The summed E-state index contributed by atoms with van der Waals surface area (Å²) in [4.78, 5) is 20.0. The van der Waals surface area contributed by atoms with E-state index >= 15 is 0 Å². The molecule has 2 N–H and O–H groups in total. The van der Waals surface area contributed by atoms with Crippen molar-refractivity contribution in [1.82, 2.24) is 19.7 Å². The maximum atomic E-state index is 11.9. The summed E-state index contributed by atoms with van der Waals surface area (Å²) in [5.74, 6) is -0.360. The van der Waals surface area contributed by atoms with Crippen LogP contribution in [0.25, 0.3) is 11.1 Å². The summed E-state index contributed by atoms with van der Waals surface area (Å²) in [5.41, 5.74) is 7.38. The molecule has 0 spiro atoms. The molecule has 2 heterocycles. The molecule has 2 aromatic rings. The van der Waals surface area contributed by atoms with Gasteiger partial charge in [0.25, 0.3) is 0 Å². The van der Waals surface area contributed by atoms with E-state index in [2.05, 4.69) is 15.1 Å². The van der Waals surface area contributed by atoms with E-state index in [0.29, 0.717) is 5.69 Å². The van der Waals surface area contributed by atoms with Crippen molar-refractivity contribution in [3.05, 3.63) is 24.3 Å². The van der Waals surface area contributed by atoms with Gasteiger partial charge in [-0.25, -0.2) is 9.97 Å². The second kappa shape index (κ2) is 6.74. The van der Waals surface area contributed by atoms with Crippen molar-refractivity contribution in [2.75, 3.05) is 7.11 Å². The van der Waals surface area contributed by atoms with Crippen molar-refractivity contribution in [2.45, 2.75) is 39.5 Å². The second-order valence-corrected chi connectivity index (χ2v) is 5.94. The standard InChI is InChI=1S/C15H21N5O3/c1-15(2,3)23-13(21)9-20-8-11(12(5-16)19-20)10-6-17-14(22-4)18-7-10/h6-8H,5,9,16H2,1-4H3. The third-order valence-electron chi connectivity index (χ3n) is 2.86. The van der Waals surface area contributed by atoms with Crippen LogP contribution in [0.5, 0.6) is 6.01 Å². The summed E-state index contributed by atoms with van der Waals surface area (Å²) in [6.45, 7) is 5.71. The zero-order valence-corrected chi connectivity index (χ0v) is 13.7. The minimum atomic E-state index is -0.534. The molecule has 0 atom stereocenters. The van der Waals surface area contributed by atoms with E-state index in [-0.39, 0.29) is 25.1 Å². The van der Waals surface area contributed by atoms with E-state index in [1.165, 1.54) is 11.8 Å². The number of methoxy groups -OCH3 is 1. The van der Waals surface area contributed by atoms with Crippen molar-refractivity contribution in [1.29, 1.82) is 0 Å². The van der Waals surface area contributed by atoms with Gasteiger partial charge in [-0.15, -0.1) is 0 Å². The molecule has 0 saturated heterocycles. The molecule has 2 aromatic heterocycles. The van der Waals surface area contributed by atoms with Crippen molar-refractivity contribution in [3.63, 3.8) is 0 Å². The Morgan fingerprint density at radius 1 is 1.30 bits per heavy atom. The van der Waals surface area contributed by atoms with Gasteiger partial charge in [0.2, 0.25) is 0 Å². The van der Waals surface area contributed by atoms with E-state index in [1.807, 2.05) is 20.8 Å². The third kappa shape index (κ3) is 4.49. The Balaban J connectivity index is 2.21. The molecule has 23 heavy (non-hydrogen) atoms. The number of carbonyl (C=O) groups excluding carboxylic acids is 1. The molecular formula is C15H21N5O3. The fourth-order valence-electron chi connectivity index (χ4n) is 2.00. The van der Waals surface area contributed by atoms with Gasteiger partial charge in [-0.05, 0) is 20.8 Å². The van der Waals surface area contributed by atoms with Crippen LogP contribution in [0.4, 0.5) is 0 Å². The van der Waals surface area contributed by atoms with Crippen LogP contribution in [0.15, 0.2) is 18.6 Å². The number of hydrogen-bond acceptors (Lipinski definition) is 7. The summed E-state index contributed by atoms with van der Waals surface area (Å²) in [5, 5.41) is 4.32. The zero-order valence-electron chi connectivity index (χ0n) is 13.7. The summed E-state index contributed by atoms with van der Waals surface area (Å²) < 4.78 is 11.7. The molecule has 0 radical (unpaired) electrons. The fourth-order valence-corrected chi connectivity index (χ4v) is 2.00. The third-order valence-corrected chi connectivity index (χ3v) is 2.86. The number of nitrogens with two attached hydrogens (primary N) is 1. The number of ether oxygens (including phenoxy) is 2. The molecule has 0 aromatic carbocycles. The predicted molar refractivity (Wildman–Crippen MR) is 83.5 cm³/mol. The lowest BCUT2D eigenvalue weighted by Gasteiger charge is -2.19. The van der Waals surface area contributed by atoms with Crippen molar-refractivity contribution < 1.29 is 14.3 Å². The Labute approximate surface area is 134 Å². The summed E-state index contributed by atoms with van der Waals surface area (Å²) in [7, 11) is 1.50. The monoisotopic (exact) mass is 319 g/mol. The number of nitrogens with zero attached hydrogens (tertiary/aromatic N) is 4. The Bertz CT molecular complexity index is 673. The lowest BCUT2D eigenvalue weighted by Crippen LogP contribution is -2.26. The summed E-state index contributed by atoms with van der Waals surface area (Å²) >= 11 is 0. The average Bonchev–Trinajstić information content (AvgIpc) is 2.88. The molecule has 0 saturated carbocycles. The van der Waals surface area contributed by atoms with Crippen molar-refractivity contribution >= 4 is 5.97 Å². The minimum absolute atomic E-state index is 0.0152. The normalized spacial score (nSPS) is 11.3. The van der Waals surface area contributed by atoms with Crippen LogP contribution in [0.2, 0.25) is 0 Å². The van der Waals surface area contributed by atoms with Crippen LogP contribution in [0.3, 0.4) is 0 Å². The average molecular weight is 319 g/mol. The second-order valence-electron chi connectivity index (χ2n) is 5.94. The van der Waals surface area contributed by atoms with Crippen molar-refractivity contribution in [3.8, 4) is 17.1 Å². The lowest BCUT2D eigenvalue weighted by molar-refractivity contribution is -0.155. The van der Waals surface area contributed by atoms with Gasteiger partial charge in [-0.3, -0.25) is 9.48 Å². The van der Waals surface area contributed by atoms with Crippen LogP contribution >= 0.6 is 0 Å². The SMILES string of the molecule is COc1ncc(-c2cn(CC(=O)OC(C)(C)C)nc2CN)cn1. The first kappa shape index (κ1) is 16.9. The largest absolute Gasteiger partial charge is 0.467 e. The van der Waals surface area contributed by atoms with Crippen LogP contribution in [-0.4, -0.2) is 38.4 Å². The quantitative estimate of drug-likeness (QED) is 0.824. The van der Waals surface area contributed by atoms with Crippen LogP contribution < -0.4 is 10.5 Å². The first-order chi connectivity index (χ1) is 10.8. The number of hydrogen-bond donors (Lipinski definition) is 1. The Kier molecular flexibility index (Phi) is 4.95. The zero-order chi connectivity index (χ0) is 17.0. The molecule has 2 rings (SSSR count). The van der Waals surface area contributed by atoms with Gasteiger partial charge < -0.3 is 15.2 Å². The fraction of sp³-hybridized carbons (Fsp3) is 0.467. The predicted octanol–water partition coefficient (Wildman–Crippen LogP) is 1.15. The number of aromatic nitrogens is 4. The van der Waals surface area contributed by atoms with Gasteiger partial charge in [0.05, 0.1) is 12.8 Å². The topological polar surface area (TPSA) is 105 Å². The smallest absolute Gasteiger partial charge is 0.328 e. The van der Waals surface area contributed by atoms with Gasteiger partial charge in [-0.1, -0.05) is 0 Å². The Hall–Kier alpha value is -2.48. The van der Waals surface area contributed by atoms with Gasteiger partial charge in [0, 0.05) is 36.3 Å². The van der Waals surface area contributed by atoms with Gasteiger partial charge >= 0.3 is 12.0 Å². The molecule has 0 aliphatic rings. The number of rotatable bonds is 5. The van der Waals surface area contributed by atoms with Crippen LogP contribution in [0, 0.1) is 0 Å². The lowest BCUT2D eigenvalue weighted by atomic mass is 10.1. The van der Waals surface area contributed by atoms with E-state index in [0.717, 1.165) is 11.1 Å². The maximum Gasteiger partial charge on any atom is 0.328 e. The molecule has 124 valence electrons.